The van der Waals surface area contributed by atoms with E-state index in [0.29, 0.717) is 0 Å². The molecule has 0 fully saturated rings. The number of hydrogen-bond acceptors (Lipinski definition) is 3. The molecule has 1 aromatic heterocycles. The standard InChI is InChI=1S/C17H14FNS2/c1-12-19-16(11-13-7-9-14(18)10-8-13)17(20-12)21-15-5-3-2-4-6-15/h2-10H,11H2,1H3. The monoisotopic (exact) mass is 315 g/mol. The third-order valence-corrected chi connectivity index (χ3v) is 5.24. The Kier molecular flexibility index (Phi) is 4.36. The Hall–Kier alpha value is -1.65. The predicted octanol–water partition coefficient (Wildman–Crippen LogP) is 5.33. The molecule has 0 unspecified atom stereocenters. The Morgan fingerprint density at radius 2 is 1.76 bits per heavy atom. The molecule has 0 spiro atoms. The van der Waals surface area contributed by atoms with Crippen LogP contribution in [0, 0.1) is 12.7 Å². The van der Waals surface area contributed by atoms with Gasteiger partial charge in [0.1, 0.15) is 5.82 Å². The van der Waals surface area contributed by atoms with Crippen LogP contribution in [0.4, 0.5) is 4.39 Å². The first-order chi connectivity index (χ1) is 10.2. The number of nitrogens with zero attached hydrogens (tertiary/aromatic N) is 1. The van der Waals surface area contributed by atoms with Gasteiger partial charge in [-0.25, -0.2) is 9.37 Å². The first-order valence-corrected chi connectivity index (χ1v) is 8.27. The van der Waals surface area contributed by atoms with Gasteiger partial charge in [-0.1, -0.05) is 42.1 Å². The Balaban J connectivity index is 1.84. The second kappa shape index (κ2) is 6.41. The first kappa shape index (κ1) is 14.3. The second-order valence-electron chi connectivity index (χ2n) is 4.69. The molecule has 0 saturated carbocycles. The van der Waals surface area contributed by atoms with Gasteiger partial charge in [0.15, 0.2) is 0 Å². The summed E-state index contributed by atoms with van der Waals surface area (Å²) in [5, 5.41) is 1.06. The van der Waals surface area contributed by atoms with Crippen LogP contribution in [0.25, 0.3) is 0 Å². The van der Waals surface area contributed by atoms with Crippen LogP contribution in [0.3, 0.4) is 0 Å². The van der Waals surface area contributed by atoms with Crippen LogP contribution in [-0.2, 0) is 6.42 Å². The van der Waals surface area contributed by atoms with Gasteiger partial charge in [-0.05, 0) is 36.8 Å². The highest BCUT2D eigenvalue weighted by Crippen LogP contribution is 2.35. The summed E-state index contributed by atoms with van der Waals surface area (Å²) in [6.07, 6.45) is 0.736. The Bertz CT molecular complexity index is 720. The summed E-state index contributed by atoms with van der Waals surface area (Å²) in [4.78, 5) is 5.84. The van der Waals surface area contributed by atoms with Gasteiger partial charge in [0.05, 0.1) is 14.9 Å². The van der Waals surface area contributed by atoms with Crippen LogP contribution >= 0.6 is 23.1 Å². The number of aromatic nitrogens is 1. The van der Waals surface area contributed by atoms with Gasteiger partial charge in [-0.2, -0.15) is 0 Å². The maximum atomic E-state index is 13.0. The molecule has 2 aromatic carbocycles. The quantitative estimate of drug-likeness (QED) is 0.645. The van der Waals surface area contributed by atoms with Crippen molar-refractivity contribution in [2.45, 2.75) is 22.4 Å². The van der Waals surface area contributed by atoms with Gasteiger partial charge < -0.3 is 0 Å². The van der Waals surface area contributed by atoms with E-state index < -0.39 is 0 Å². The van der Waals surface area contributed by atoms with E-state index in [0.717, 1.165) is 22.7 Å². The minimum atomic E-state index is -0.202. The molecule has 0 N–H and O–H groups in total. The molecule has 3 aromatic rings. The lowest BCUT2D eigenvalue weighted by Gasteiger charge is -2.03. The lowest BCUT2D eigenvalue weighted by atomic mass is 10.1. The smallest absolute Gasteiger partial charge is 0.123 e. The van der Waals surface area contributed by atoms with Gasteiger partial charge >= 0.3 is 0 Å². The third-order valence-electron chi connectivity index (χ3n) is 3.01. The Labute approximate surface area is 131 Å². The molecule has 0 radical (unpaired) electrons. The molecule has 1 nitrogen and oxygen atoms in total. The average Bonchev–Trinajstić information content (AvgIpc) is 2.82. The maximum absolute atomic E-state index is 13.0. The molecule has 3 rings (SSSR count). The first-order valence-electron chi connectivity index (χ1n) is 6.64. The van der Waals surface area contributed by atoms with Crippen LogP contribution in [0.2, 0.25) is 0 Å². The second-order valence-corrected chi connectivity index (χ2v) is 7.23. The van der Waals surface area contributed by atoms with Crippen molar-refractivity contribution in [3.63, 3.8) is 0 Å². The topological polar surface area (TPSA) is 12.9 Å². The number of thiazole rings is 1. The van der Waals surface area contributed by atoms with Gasteiger partial charge in [-0.3, -0.25) is 0 Å². The van der Waals surface area contributed by atoms with Crippen LogP contribution in [0.5, 0.6) is 0 Å². The molecule has 0 aliphatic carbocycles. The molecule has 0 saturated heterocycles. The summed E-state index contributed by atoms with van der Waals surface area (Å²) in [5.74, 6) is -0.202. The number of benzene rings is 2. The molecule has 21 heavy (non-hydrogen) atoms. The van der Waals surface area contributed by atoms with Crippen LogP contribution in [0.1, 0.15) is 16.3 Å². The van der Waals surface area contributed by atoms with E-state index in [1.807, 2.05) is 37.3 Å². The number of rotatable bonds is 4. The third kappa shape index (κ3) is 3.71. The number of halogens is 1. The molecule has 0 aliphatic heterocycles. The molecule has 106 valence electrons. The lowest BCUT2D eigenvalue weighted by molar-refractivity contribution is 0.627. The van der Waals surface area contributed by atoms with E-state index in [-0.39, 0.29) is 5.82 Å². The summed E-state index contributed by atoms with van der Waals surface area (Å²) >= 11 is 3.45. The van der Waals surface area contributed by atoms with Gasteiger partial charge in [0.25, 0.3) is 0 Å². The number of aryl methyl sites for hydroxylation is 1. The van der Waals surface area contributed by atoms with Crippen LogP contribution < -0.4 is 0 Å². The molecule has 4 heteroatoms. The Morgan fingerprint density at radius 1 is 1.05 bits per heavy atom. The average molecular weight is 315 g/mol. The van der Waals surface area contributed by atoms with Gasteiger partial charge in [-0.15, -0.1) is 11.3 Å². The zero-order chi connectivity index (χ0) is 14.7. The minimum absolute atomic E-state index is 0.202. The zero-order valence-corrected chi connectivity index (χ0v) is 13.2. The number of hydrogen-bond donors (Lipinski definition) is 0. The van der Waals surface area contributed by atoms with E-state index in [1.54, 1.807) is 23.1 Å². The SMILES string of the molecule is Cc1nc(Cc2ccc(F)cc2)c(Sc2ccccc2)s1. The van der Waals surface area contributed by atoms with Gasteiger partial charge in [0, 0.05) is 11.3 Å². The Morgan fingerprint density at radius 3 is 2.48 bits per heavy atom. The van der Waals surface area contributed by atoms with Crippen molar-refractivity contribution in [2.75, 3.05) is 0 Å². The molecule has 0 atom stereocenters. The minimum Gasteiger partial charge on any atom is -0.245 e. The largest absolute Gasteiger partial charge is 0.245 e. The fourth-order valence-corrected chi connectivity index (χ4v) is 4.25. The molecule has 0 amide bonds. The van der Waals surface area contributed by atoms with Crippen LogP contribution in [0.15, 0.2) is 63.7 Å². The maximum Gasteiger partial charge on any atom is 0.123 e. The molecular formula is C17H14FNS2. The van der Waals surface area contributed by atoms with Crippen molar-refractivity contribution in [1.29, 1.82) is 0 Å². The highest BCUT2D eigenvalue weighted by molar-refractivity contribution is 8.01. The zero-order valence-electron chi connectivity index (χ0n) is 11.5. The van der Waals surface area contributed by atoms with Crippen molar-refractivity contribution in [3.8, 4) is 0 Å². The summed E-state index contributed by atoms with van der Waals surface area (Å²) < 4.78 is 14.2. The van der Waals surface area contributed by atoms with E-state index in [4.69, 9.17) is 0 Å². The summed E-state index contributed by atoms with van der Waals surface area (Å²) in [5.41, 5.74) is 2.15. The summed E-state index contributed by atoms with van der Waals surface area (Å²) in [6, 6.07) is 16.9. The fraction of sp³-hybridized carbons (Fsp3) is 0.118. The van der Waals surface area contributed by atoms with Crippen molar-refractivity contribution in [1.82, 2.24) is 4.98 Å². The summed E-state index contributed by atoms with van der Waals surface area (Å²) in [7, 11) is 0. The fourth-order valence-electron chi connectivity index (χ4n) is 2.03. The van der Waals surface area contributed by atoms with E-state index in [9.17, 15) is 4.39 Å². The summed E-state index contributed by atoms with van der Waals surface area (Å²) in [6.45, 7) is 2.02. The normalized spacial score (nSPS) is 10.8. The van der Waals surface area contributed by atoms with E-state index in [1.165, 1.54) is 21.2 Å². The van der Waals surface area contributed by atoms with Crippen molar-refractivity contribution < 1.29 is 4.39 Å². The highest BCUT2D eigenvalue weighted by atomic mass is 32.2. The lowest BCUT2D eigenvalue weighted by Crippen LogP contribution is -1.91. The van der Waals surface area contributed by atoms with Crippen molar-refractivity contribution in [3.05, 3.63) is 76.7 Å². The molecule has 0 aliphatic rings. The van der Waals surface area contributed by atoms with Gasteiger partial charge in [0.2, 0.25) is 0 Å². The molecule has 1 heterocycles. The predicted molar refractivity (Wildman–Crippen MR) is 86.6 cm³/mol. The van der Waals surface area contributed by atoms with Crippen molar-refractivity contribution >= 4 is 23.1 Å². The van der Waals surface area contributed by atoms with E-state index >= 15 is 0 Å². The molecular weight excluding hydrogens is 301 g/mol. The molecule has 0 bridgehead atoms. The highest BCUT2D eigenvalue weighted by Gasteiger charge is 2.11. The van der Waals surface area contributed by atoms with E-state index in [2.05, 4.69) is 17.1 Å². The van der Waals surface area contributed by atoms with Crippen LogP contribution in [-0.4, -0.2) is 4.98 Å². The van der Waals surface area contributed by atoms with Crippen molar-refractivity contribution in [2.24, 2.45) is 0 Å².